The van der Waals surface area contributed by atoms with Crippen molar-refractivity contribution in [2.45, 2.75) is 0 Å². The fourth-order valence-electron chi connectivity index (χ4n) is 6.65. The first-order valence-electron chi connectivity index (χ1n) is 14.8. The van der Waals surface area contributed by atoms with Crippen molar-refractivity contribution in [3.63, 3.8) is 0 Å². The van der Waals surface area contributed by atoms with Gasteiger partial charge in [0, 0.05) is 59.0 Å². The number of fused-ring (bicyclic) bond motifs is 13. The molecule has 6 heterocycles. The van der Waals surface area contributed by atoms with Crippen LogP contribution in [0.15, 0.2) is 122 Å². The smallest absolute Gasteiger partial charge is 0.158 e. The van der Waals surface area contributed by atoms with Crippen LogP contribution in [0.1, 0.15) is 0 Å². The molecule has 3 aromatic carbocycles. The van der Waals surface area contributed by atoms with E-state index in [0.29, 0.717) is 51.4 Å². The minimum absolute atomic E-state index is 0.534. The van der Waals surface area contributed by atoms with Crippen LogP contribution in [0.5, 0.6) is 0 Å². The second-order valence-corrected chi connectivity index (χ2v) is 10.9. The molecule has 0 fully saturated rings. The Labute approximate surface area is 260 Å². The van der Waals surface area contributed by atoms with Gasteiger partial charge in [0.05, 0.1) is 17.2 Å². The van der Waals surface area contributed by atoms with Crippen molar-refractivity contribution in [1.82, 2.24) is 49.0 Å². The molecule has 0 saturated carbocycles. The van der Waals surface area contributed by atoms with Gasteiger partial charge in [-0.3, -0.25) is 39.0 Å². The Bertz CT molecular complexity index is 2650. The van der Waals surface area contributed by atoms with Crippen molar-refractivity contribution in [2.75, 3.05) is 0 Å². The molecule has 0 bridgehead atoms. The van der Waals surface area contributed by atoms with E-state index in [1.54, 1.807) is 43.4 Å². The van der Waals surface area contributed by atoms with Crippen LogP contribution >= 0.6 is 0 Å². The summed E-state index contributed by atoms with van der Waals surface area (Å²) in [5.41, 5.74) is 8.56. The summed E-state index contributed by atoms with van der Waals surface area (Å²) >= 11 is 0. The van der Waals surface area contributed by atoms with E-state index in [1.165, 1.54) is 0 Å². The predicted molar refractivity (Wildman–Crippen MR) is 175 cm³/mol. The quantitative estimate of drug-likeness (QED) is 0.214. The van der Waals surface area contributed by atoms with Gasteiger partial charge in [0.25, 0.3) is 0 Å². The van der Waals surface area contributed by atoms with E-state index in [4.69, 9.17) is 24.9 Å². The van der Waals surface area contributed by atoms with Gasteiger partial charge in [-0.1, -0.05) is 54.6 Å². The molecule has 10 heteroatoms. The number of benzene rings is 3. The second kappa shape index (κ2) is 9.41. The zero-order valence-corrected chi connectivity index (χ0v) is 24.0. The normalized spacial score (nSPS) is 11.9. The highest BCUT2D eigenvalue weighted by Crippen LogP contribution is 2.43. The van der Waals surface area contributed by atoms with Gasteiger partial charge in [-0.25, -0.2) is 9.97 Å². The fourth-order valence-corrected chi connectivity index (χ4v) is 6.65. The third kappa shape index (κ3) is 3.34. The van der Waals surface area contributed by atoms with Gasteiger partial charge in [0.2, 0.25) is 0 Å². The Morgan fingerprint density at radius 1 is 0.391 bits per heavy atom. The van der Waals surface area contributed by atoms with Gasteiger partial charge in [-0.05, 0) is 24.3 Å². The molecule has 0 N–H and O–H groups in total. The number of aromatic nitrogens is 10. The van der Waals surface area contributed by atoms with Crippen LogP contribution in [0.4, 0.5) is 0 Å². The Morgan fingerprint density at radius 3 is 1.37 bits per heavy atom. The first-order chi connectivity index (χ1) is 22.9. The highest BCUT2D eigenvalue weighted by molar-refractivity contribution is 6.22. The molecular weight excluding hydrogens is 572 g/mol. The zero-order chi connectivity index (χ0) is 30.2. The third-order valence-corrected chi connectivity index (χ3v) is 8.47. The first kappa shape index (κ1) is 24.7. The summed E-state index contributed by atoms with van der Waals surface area (Å²) in [5, 5.41) is 3.42. The predicted octanol–water partition coefficient (Wildman–Crippen LogP) is 6.87. The number of rotatable bonds is 2. The molecule has 10 rings (SSSR count). The molecule has 1 aliphatic rings. The number of para-hydroxylation sites is 3. The van der Waals surface area contributed by atoms with Gasteiger partial charge in [-0.15, -0.1) is 0 Å². The molecule has 214 valence electrons. The summed E-state index contributed by atoms with van der Waals surface area (Å²) in [5.74, 6) is 0.631. The SMILES string of the molecule is c1ccc(-n2c3ccccc3c3c4ccccc4n(-c4cnc5c(n4)-c4nccnc4-c4nccnc4-c4nccnc4-5)c32)cc1. The lowest BCUT2D eigenvalue weighted by Gasteiger charge is -2.18. The van der Waals surface area contributed by atoms with Gasteiger partial charge >= 0.3 is 0 Å². The van der Waals surface area contributed by atoms with E-state index in [1.807, 2.05) is 6.07 Å². The van der Waals surface area contributed by atoms with Crippen molar-refractivity contribution in [3.8, 4) is 57.1 Å². The standard InChI is InChI=1S/C36H20N10/c1-2-8-21(9-3-1)45-24-12-6-4-10-22(24)27-23-11-5-7-13-25(23)46(36(27)45)26-20-43-34-32-30(39-16-17-41-32)28-29(38-15-14-37-28)31-33(35(34)44-26)42-19-18-40-31/h1-20H. The zero-order valence-electron chi connectivity index (χ0n) is 24.0. The van der Waals surface area contributed by atoms with Crippen LogP contribution in [-0.2, 0) is 0 Å². The number of hydrogen-bond donors (Lipinski definition) is 0. The summed E-state index contributed by atoms with van der Waals surface area (Å²) in [4.78, 5) is 38.6. The summed E-state index contributed by atoms with van der Waals surface area (Å²) in [7, 11) is 0. The van der Waals surface area contributed by atoms with Crippen LogP contribution in [0.2, 0.25) is 0 Å². The number of nitrogens with zero attached hydrogens (tertiary/aromatic N) is 10. The van der Waals surface area contributed by atoms with Crippen molar-refractivity contribution < 1.29 is 0 Å². The second-order valence-electron chi connectivity index (χ2n) is 10.9. The highest BCUT2D eigenvalue weighted by Gasteiger charge is 2.30. The van der Waals surface area contributed by atoms with E-state index in [-0.39, 0.29) is 0 Å². The minimum atomic E-state index is 0.534. The summed E-state index contributed by atoms with van der Waals surface area (Å²) < 4.78 is 4.48. The lowest BCUT2D eigenvalue weighted by molar-refractivity contribution is 0.994. The lowest BCUT2D eigenvalue weighted by Crippen LogP contribution is -2.10. The van der Waals surface area contributed by atoms with Crippen LogP contribution < -0.4 is 0 Å². The average molecular weight is 593 g/mol. The van der Waals surface area contributed by atoms with Crippen LogP contribution in [0, 0.1) is 0 Å². The van der Waals surface area contributed by atoms with E-state index >= 15 is 0 Å². The van der Waals surface area contributed by atoms with Crippen molar-refractivity contribution in [3.05, 3.63) is 122 Å². The molecule has 1 aliphatic carbocycles. The van der Waals surface area contributed by atoms with Gasteiger partial charge in [-0.2, -0.15) is 0 Å². The maximum absolute atomic E-state index is 5.34. The third-order valence-electron chi connectivity index (χ3n) is 8.47. The molecule has 0 spiro atoms. The Hall–Kier alpha value is -6.68. The Balaban J connectivity index is 1.35. The molecule has 9 aromatic rings. The highest BCUT2D eigenvalue weighted by atomic mass is 15.2. The topological polar surface area (TPSA) is 113 Å². The molecule has 0 amide bonds. The maximum Gasteiger partial charge on any atom is 0.158 e. The van der Waals surface area contributed by atoms with Crippen molar-refractivity contribution in [2.24, 2.45) is 0 Å². The molecule has 0 radical (unpaired) electrons. The molecule has 10 nitrogen and oxygen atoms in total. The maximum atomic E-state index is 5.34. The molecule has 6 aromatic heterocycles. The summed E-state index contributed by atoms with van der Waals surface area (Å²) in [6, 6.07) is 27.3. The monoisotopic (exact) mass is 592 g/mol. The van der Waals surface area contributed by atoms with Crippen LogP contribution in [-0.4, -0.2) is 49.0 Å². The molecule has 0 atom stereocenters. The van der Waals surface area contributed by atoms with Gasteiger partial charge in [0.1, 0.15) is 51.2 Å². The molecule has 0 saturated heterocycles. The van der Waals surface area contributed by atoms with E-state index in [9.17, 15) is 0 Å². The Kier molecular flexibility index (Phi) is 5.06. The van der Waals surface area contributed by atoms with Crippen LogP contribution in [0.25, 0.3) is 89.9 Å². The first-order valence-corrected chi connectivity index (χ1v) is 14.8. The fraction of sp³-hybridized carbons (Fsp3) is 0. The number of hydrogen-bond acceptors (Lipinski definition) is 8. The molecule has 0 unspecified atom stereocenters. The van der Waals surface area contributed by atoms with Crippen LogP contribution in [0.3, 0.4) is 0 Å². The molecular formula is C36H20N10. The van der Waals surface area contributed by atoms with E-state index in [0.717, 1.165) is 38.5 Å². The summed E-state index contributed by atoms with van der Waals surface area (Å²) in [6.45, 7) is 0. The Morgan fingerprint density at radius 2 is 0.826 bits per heavy atom. The van der Waals surface area contributed by atoms with E-state index < -0.39 is 0 Å². The largest absolute Gasteiger partial charge is 0.295 e. The van der Waals surface area contributed by atoms with Gasteiger partial charge in [0.15, 0.2) is 5.82 Å². The minimum Gasteiger partial charge on any atom is -0.295 e. The van der Waals surface area contributed by atoms with E-state index in [2.05, 4.69) is 96.9 Å². The van der Waals surface area contributed by atoms with Crippen molar-refractivity contribution >= 4 is 32.8 Å². The lowest BCUT2D eigenvalue weighted by atomic mass is 10.0. The molecule has 46 heavy (non-hydrogen) atoms. The summed E-state index contributed by atoms with van der Waals surface area (Å²) in [6.07, 6.45) is 11.7. The molecule has 0 aliphatic heterocycles. The van der Waals surface area contributed by atoms with Gasteiger partial charge < -0.3 is 0 Å². The average Bonchev–Trinajstić information content (AvgIpc) is 3.64. The van der Waals surface area contributed by atoms with Crippen molar-refractivity contribution in [1.29, 1.82) is 0 Å².